The van der Waals surface area contributed by atoms with Gasteiger partial charge >= 0.3 is 0 Å². The van der Waals surface area contributed by atoms with E-state index in [4.69, 9.17) is 4.74 Å². The van der Waals surface area contributed by atoms with Crippen LogP contribution in [0.25, 0.3) is 0 Å². The second-order valence-electron chi connectivity index (χ2n) is 6.80. The van der Waals surface area contributed by atoms with Crippen LogP contribution in [0.1, 0.15) is 35.4 Å². The molecule has 0 spiro atoms. The minimum atomic E-state index is -0.148. The Balaban J connectivity index is 1.60. The fraction of sp³-hybridized carbons (Fsp3) is 0.429. The molecule has 0 radical (unpaired) electrons. The van der Waals surface area contributed by atoms with Gasteiger partial charge in [0.25, 0.3) is 0 Å². The van der Waals surface area contributed by atoms with Crippen LogP contribution in [0.3, 0.4) is 0 Å². The van der Waals surface area contributed by atoms with Crippen molar-refractivity contribution in [1.29, 1.82) is 0 Å². The van der Waals surface area contributed by atoms with Gasteiger partial charge in [-0.05, 0) is 79.6 Å². The molecule has 2 aromatic carbocycles. The topological polar surface area (TPSA) is 12.5 Å². The number of ether oxygens (including phenoxy) is 1. The van der Waals surface area contributed by atoms with Crippen molar-refractivity contribution in [2.24, 2.45) is 0 Å². The highest BCUT2D eigenvalue weighted by atomic mass is 19.1. The monoisotopic (exact) mass is 327 g/mol. The fourth-order valence-corrected chi connectivity index (χ4v) is 3.69. The summed E-state index contributed by atoms with van der Waals surface area (Å²) in [5.74, 6) is 1.39. The summed E-state index contributed by atoms with van der Waals surface area (Å²) in [7, 11) is 3.89. The Morgan fingerprint density at radius 2 is 2.08 bits per heavy atom. The van der Waals surface area contributed by atoms with Gasteiger partial charge in [0, 0.05) is 13.1 Å². The number of hydrogen-bond acceptors (Lipinski definition) is 2. The smallest absolute Gasteiger partial charge is 0.123 e. The molecule has 3 heteroatoms. The maximum absolute atomic E-state index is 13.3. The maximum atomic E-state index is 13.3. The van der Waals surface area contributed by atoms with Gasteiger partial charge in [0.05, 0.1) is 7.11 Å². The van der Waals surface area contributed by atoms with Crippen LogP contribution in [0.4, 0.5) is 4.39 Å². The lowest BCUT2D eigenvalue weighted by Crippen LogP contribution is -2.28. The number of fused-ring (bicyclic) bond motifs is 1. The van der Waals surface area contributed by atoms with E-state index in [1.165, 1.54) is 30.0 Å². The SMILES string of the molecule is COc1ccc2c(c1)CCCC2CN(C)CCc1cccc(F)c1. The Morgan fingerprint density at radius 3 is 2.88 bits per heavy atom. The first kappa shape index (κ1) is 17.0. The van der Waals surface area contributed by atoms with E-state index in [0.29, 0.717) is 5.92 Å². The Hall–Kier alpha value is -1.87. The van der Waals surface area contributed by atoms with Crippen LogP contribution < -0.4 is 4.74 Å². The van der Waals surface area contributed by atoms with E-state index in [-0.39, 0.29) is 5.82 Å². The summed E-state index contributed by atoms with van der Waals surface area (Å²) in [6.07, 6.45) is 4.51. The molecule has 1 unspecified atom stereocenters. The normalized spacial score (nSPS) is 16.9. The van der Waals surface area contributed by atoms with Gasteiger partial charge in [0.15, 0.2) is 0 Å². The van der Waals surface area contributed by atoms with E-state index in [2.05, 4.69) is 30.1 Å². The van der Waals surface area contributed by atoms with Crippen LogP contribution in [0.2, 0.25) is 0 Å². The predicted octanol–water partition coefficient (Wildman–Crippen LogP) is 4.43. The summed E-state index contributed by atoms with van der Waals surface area (Å²) < 4.78 is 18.6. The van der Waals surface area contributed by atoms with Gasteiger partial charge < -0.3 is 9.64 Å². The Bertz CT molecular complexity index is 685. The van der Waals surface area contributed by atoms with Crippen molar-refractivity contribution < 1.29 is 9.13 Å². The van der Waals surface area contributed by atoms with Crippen molar-refractivity contribution in [2.45, 2.75) is 31.6 Å². The number of halogens is 1. The van der Waals surface area contributed by atoms with Crippen molar-refractivity contribution in [3.8, 4) is 5.75 Å². The van der Waals surface area contributed by atoms with Gasteiger partial charge in [-0.25, -0.2) is 4.39 Å². The molecule has 1 aliphatic rings. The molecular weight excluding hydrogens is 301 g/mol. The standard InChI is InChI=1S/C21H26FNO/c1-23(12-11-16-5-3-8-19(22)13-16)15-18-7-4-6-17-14-20(24-2)9-10-21(17)18/h3,5,8-10,13-14,18H,4,6-7,11-12,15H2,1-2H3. The number of nitrogens with zero attached hydrogens (tertiary/aromatic N) is 1. The third kappa shape index (κ3) is 4.15. The number of hydrogen-bond donors (Lipinski definition) is 0. The summed E-state index contributed by atoms with van der Waals surface area (Å²) in [5.41, 5.74) is 3.97. The van der Waals surface area contributed by atoms with Crippen molar-refractivity contribution in [3.63, 3.8) is 0 Å². The van der Waals surface area contributed by atoms with Crippen LogP contribution in [-0.4, -0.2) is 32.1 Å². The average Bonchev–Trinajstić information content (AvgIpc) is 2.60. The molecule has 0 saturated heterocycles. The second kappa shape index (κ2) is 7.80. The first-order chi connectivity index (χ1) is 11.7. The Morgan fingerprint density at radius 1 is 1.21 bits per heavy atom. The van der Waals surface area contributed by atoms with Crippen LogP contribution in [0, 0.1) is 5.82 Å². The van der Waals surface area contributed by atoms with Crippen molar-refractivity contribution in [2.75, 3.05) is 27.2 Å². The number of likely N-dealkylation sites (N-methyl/N-ethyl adjacent to an activating group) is 1. The number of rotatable bonds is 6. The fourth-order valence-electron chi connectivity index (χ4n) is 3.69. The summed E-state index contributed by atoms with van der Waals surface area (Å²) >= 11 is 0. The Kier molecular flexibility index (Phi) is 5.52. The average molecular weight is 327 g/mol. The van der Waals surface area contributed by atoms with E-state index in [0.717, 1.165) is 37.2 Å². The molecule has 0 N–H and O–H groups in total. The molecule has 1 aliphatic carbocycles. The van der Waals surface area contributed by atoms with E-state index in [9.17, 15) is 4.39 Å². The van der Waals surface area contributed by atoms with Gasteiger partial charge in [-0.1, -0.05) is 18.2 Å². The molecule has 0 saturated carbocycles. The molecule has 2 nitrogen and oxygen atoms in total. The van der Waals surface area contributed by atoms with Crippen molar-refractivity contribution in [3.05, 3.63) is 65.0 Å². The largest absolute Gasteiger partial charge is 0.497 e. The minimum Gasteiger partial charge on any atom is -0.497 e. The summed E-state index contributed by atoms with van der Waals surface area (Å²) in [5, 5.41) is 0. The van der Waals surface area contributed by atoms with Crippen LogP contribution in [-0.2, 0) is 12.8 Å². The molecule has 2 aromatic rings. The van der Waals surface area contributed by atoms with Gasteiger partial charge in [-0.3, -0.25) is 0 Å². The summed E-state index contributed by atoms with van der Waals surface area (Å²) in [6, 6.07) is 13.4. The Labute approximate surface area is 144 Å². The van der Waals surface area contributed by atoms with Crippen molar-refractivity contribution in [1.82, 2.24) is 4.90 Å². The quantitative estimate of drug-likeness (QED) is 0.778. The molecule has 0 aliphatic heterocycles. The zero-order valence-corrected chi connectivity index (χ0v) is 14.6. The molecule has 0 aromatic heterocycles. The zero-order valence-electron chi connectivity index (χ0n) is 14.6. The molecule has 3 rings (SSSR count). The molecule has 0 fully saturated rings. The van der Waals surface area contributed by atoms with Crippen LogP contribution in [0.15, 0.2) is 42.5 Å². The lowest BCUT2D eigenvalue weighted by atomic mass is 9.82. The first-order valence-electron chi connectivity index (χ1n) is 8.75. The maximum Gasteiger partial charge on any atom is 0.123 e. The van der Waals surface area contributed by atoms with Crippen LogP contribution in [0.5, 0.6) is 5.75 Å². The molecule has 0 bridgehead atoms. The third-order valence-electron chi connectivity index (χ3n) is 4.99. The van der Waals surface area contributed by atoms with Crippen molar-refractivity contribution >= 4 is 0 Å². The molecule has 1 atom stereocenters. The van der Waals surface area contributed by atoms with E-state index < -0.39 is 0 Å². The third-order valence-corrected chi connectivity index (χ3v) is 4.99. The number of aryl methyl sites for hydroxylation is 1. The van der Waals surface area contributed by atoms with E-state index in [1.54, 1.807) is 19.2 Å². The van der Waals surface area contributed by atoms with Gasteiger partial charge in [0.1, 0.15) is 11.6 Å². The number of methoxy groups -OCH3 is 1. The van der Waals surface area contributed by atoms with Crippen LogP contribution >= 0.6 is 0 Å². The lowest BCUT2D eigenvalue weighted by Gasteiger charge is -2.29. The highest BCUT2D eigenvalue weighted by molar-refractivity contribution is 5.39. The highest BCUT2D eigenvalue weighted by Crippen LogP contribution is 2.34. The lowest BCUT2D eigenvalue weighted by molar-refractivity contribution is 0.300. The molecule has 0 amide bonds. The summed E-state index contributed by atoms with van der Waals surface area (Å²) in [4.78, 5) is 2.37. The van der Waals surface area contributed by atoms with E-state index in [1.807, 2.05) is 6.07 Å². The number of benzene rings is 2. The van der Waals surface area contributed by atoms with Gasteiger partial charge in [-0.15, -0.1) is 0 Å². The second-order valence-corrected chi connectivity index (χ2v) is 6.80. The highest BCUT2D eigenvalue weighted by Gasteiger charge is 2.21. The molecular formula is C21H26FNO. The minimum absolute atomic E-state index is 0.148. The molecule has 0 heterocycles. The molecule has 24 heavy (non-hydrogen) atoms. The predicted molar refractivity (Wildman–Crippen MR) is 96.3 cm³/mol. The zero-order chi connectivity index (χ0) is 16.9. The first-order valence-corrected chi connectivity index (χ1v) is 8.75. The van der Waals surface area contributed by atoms with Gasteiger partial charge in [0.2, 0.25) is 0 Å². The summed E-state index contributed by atoms with van der Waals surface area (Å²) in [6.45, 7) is 2.00. The van der Waals surface area contributed by atoms with E-state index >= 15 is 0 Å². The molecule has 128 valence electrons. The van der Waals surface area contributed by atoms with Gasteiger partial charge in [-0.2, -0.15) is 0 Å².